The van der Waals surface area contributed by atoms with E-state index in [4.69, 9.17) is 15.9 Å². The van der Waals surface area contributed by atoms with Gasteiger partial charge in [-0.1, -0.05) is 36.4 Å². The molecule has 14 heteroatoms. The molecule has 10 nitrogen and oxygen atoms in total. The number of nitrogens with zero attached hydrogens (tertiary/aromatic N) is 4. The third-order valence-corrected chi connectivity index (χ3v) is 7.98. The van der Waals surface area contributed by atoms with E-state index >= 15 is 0 Å². The topological polar surface area (TPSA) is 133 Å². The van der Waals surface area contributed by atoms with E-state index in [9.17, 15) is 31.9 Å². The molecule has 2 aromatic heterocycles. The van der Waals surface area contributed by atoms with Crippen molar-refractivity contribution in [1.82, 2.24) is 14.0 Å². The zero-order valence-corrected chi connectivity index (χ0v) is 24.4. The number of hydrogen-bond acceptors (Lipinski definition) is 7. The number of rotatable bonds is 9. The minimum atomic E-state index is -4.87. The third kappa shape index (κ3) is 6.71. The smallest absolute Gasteiger partial charge is 0.416 e. The Labute approximate surface area is 255 Å². The van der Waals surface area contributed by atoms with Crippen molar-refractivity contribution in [2.24, 2.45) is 11.5 Å². The van der Waals surface area contributed by atoms with Gasteiger partial charge in [-0.25, -0.2) is 9.18 Å². The largest absolute Gasteiger partial charge is 0.455 e. The van der Waals surface area contributed by atoms with Gasteiger partial charge >= 0.3 is 11.9 Å². The van der Waals surface area contributed by atoms with Gasteiger partial charge in [-0.2, -0.15) is 13.2 Å². The molecular formula is C31H32F4N6O4. The van der Waals surface area contributed by atoms with Gasteiger partial charge < -0.3 is 20.8 Å². The molecule has 1 atom stereocenters. The van der Waals surface area contributed by atoms with E-state index in [2.05, 4.69) is 0 Å². The number of anilines is 1. The predicted molar refractivity (Wildman–Crippen MR) is 158 cm³/mol. The Balaban J connectivity index is 1.52. The van der Waals surface area contributed by atoms with Gasteiger partial charge in [0.05, 0.1) is 25.2 Å². The Morgan fingerprint density at radius 2 is 1.62 bits per heavy atom. The molecule has 0 radical (unpaired) electrons. The van der Waals surface area contributed by atoms with E-state index in [1.54, 1.807) is 41.3 Å². The average Bonchev–Trinajstić information content (AvgIpc) is 3.48. The number of furan rings is 1. The van der Waals surface area contributed by atoms with Crippen molar-refractivity contribution >= 4 is 11.6 Å². The summed E-state index contributed by atoms with van der Waals surface area (Å²) in [4.78, 5) is 42.9. The first-order valence-corrected chi connectivity index (χ1v) is 14.2. The molecule has 1 aliphatic heterocycles. The van der Waals surface area contributed by atoms with Crippen LogP contribution in [0.25, 0.3) is 0 Å². The Morgan fingerprint density at radius 1 is 0.933 bits per heavy atom. The van der Waals surface area contributed by atoms with Crippen LogP contribution in [0.3, 0.4) is 0 Å². The second kappa shape index (κ2) is 12.7. The van der Waals surface area contributed by atoms with Gasteiger partial charge in [-0.3, -0.25) is 23.6 Å². The summed E-state index contributed by atoms with van der Waals surface area (Å²) < 4.78 is 63.9. The van der Waals surface area contributed by atoms with E-state index in [-0.39, 0.29) is 23.7 Å². The highest BCUT2D eigenvalue weighted by Gasteiger charge is 2.35. The molecule has 4 N–H and O–H groups in total. The SMILES string of the molecule is Cc1c(N2CCN(Cc3ccc(C(N)=O)o3)CC2)c(=O)n(C[C@@H](N)c2ccccc2)c(=O)n1Cc1c(F)cccc1C(F)(F)F. The van der Waals surface area contributed by atoms with Crippen LogP contribution in [0.4, 0.5) is 23.2 Å². The van der Waals surface area contributed by atoms with Crippen molar-refractivity contribution in [1.29, 1.82) is 0 Å². The fourth-order valence-electron chi connectivity index (χ4n) is 5.59. The number of benzene rings is 2. The molecule has 0 spiro atoms. The molecule has 0 unspecified atom stereocenters. The van der Waals surface area contributed by atoms with Crippen LogP contribution < -0.4 is 27.6 Å². The fourth-order valence-corrected chi connectivity index (χ4v) is 5.59. The van der Waals surface area contributed by atoms with Gasteiger partial charge in [0.1, 0.15) is 17.3 Å². The number of piperazine rings is 1. The van der Waals surface area contributed by atoms with Crippen molar-refractivity contribution in [3.05, 3.63) is 121 Å². The summed E-state index contributed by atoms with van der Waals surface area (Å²) in [5.74, 6) is -1.23. The minimum absolute atomic E-state index is 0.0410. The zero-order chi connectivity index (χ0) is 32.5. The van der Waals surface area contributed by atoms with Crippen molar-refractivity contribution in [2.75, 3.05) is 31.1 Å². The average molecular weight is 629 g/mol. The lowest BCUT2D eigenvalue weighted by Gasteiger charge is -2.36. The van der Waals surface area contributed by atoms with Gasteiger partial charge in [-0.15, -0.1) is 0 Å². The lowest BCUT2D eigenvalue weighted by molar-refractivity contribution is -0.138. The van der Waals surface area contributed by atoms with E-state index < -0.39 is 52.9 Å². The maximum Gasteiger partial charge on any atom is 0.416 e. The number of nitrogens with two attached hydrogens (primary N) is 2. The number of amides is 1. The first-order chi connectivity index (χ1) is 21.3. The van der Waals surface area contributed by atoms with Gasteiger partial charge in [0.2, 0.25) is 0 Å². The number of carbonyl (C=O) groups is 1. The monoisotopic (exact) mass is 628 g/mol. The standard InChI is InChI=1S/C31H32F4N6O4/c1-19-27(39-14-12-38(13-15-39)16-21-10-11-26(45-21)28(37)42)29(43)41(18-25(36)20-6-3-2-4-7-20)30(44)40(19)17-22-23(31(33,34)35)8-5-9-24(22)32/h2-11,25H,12-18,36H2,1H3,(H2,37,42)/t25-/m1/s1. The van der Waals surface area contributed by atoms with Gasteiger partial charge in [0.25, 0.3) is 11.5 Å². The summed E-state index contributed by atoms with van der Waals surface area (Å²) in [5.41, 5.74) is 9.06. The molecule has 238 valence electrons. The summed E-state index contributed by atoms with van der Waals surface area (Å²) in [6.07, 6.45) is -4.87. The highest BCUT2D eigenvalue weighted by atomic mass is 19.4. The van der Waals surface area contributed by atoms with Crippen molar-refractivity contribution < 1.29 is 26.8 Å². The quantitative estimate of drug-likeness (QED) is 0.272. The maximum absolute atomic E-state index is 14.9. The molecule has 0 bridgehead atoms. The molecule has 45 heavy (non-hydrogen) atoms. The number of halogens is 4. The molecule has 1 fully saturated rings. The van der Waals surface area contributed by atoms with Crippen LogP contribution in [0.2, 0.25) is 0 Å². The summed E-state index contributed by atoms with van der Waals surface area (Å²) in [5, 5.41) is 0. The Hall–Kier alpha value is -4.69. The number of carbonyl (C=O) groups excluding carboxylic acids is 1. The third-order valence-electron chi connectivity index (χ3n) is 7.98. The highest BCUT2D eigenvalue weighted by molar-refractivity contribution is 5.89. The summed E-state index contributed by atoms with van der Waals surface area (Å²) in [6, 6.07) is 13.7. The number of primary amides is 1. The Kier molecular flexibility index (Phi) is 8.98. The highest BCUT2D eigenvalue weighted by Crippen LogP contribution is 2.33. The van der Waals surface area contributed by atoms with Crippen LogP contribution in [0.5, 0.6) is 0 Å². The second-order valence-electron chi connectivity index (χ2n) is 10.9. The lowest BCUT2D eigenvalue weighted by Crippen LogP contribution is -2.51. The van der Waals surface area contributed by atoms with E-state index in [0.717, 1.165) is 27.3 Å². The molecule has 1 amide bonds. The first kappa shape index (κ1) is 31.7. The predicted octanol–water partition coefficient (Wildman–Crippen LogP) is 3.24. The molecule has 0 saturated carbocycles. The fraction of sp³-hybridized carbons (Fsp3) is 0.323. The lowest BCUT2D eigenvalue weighted by atomic mass is 10.1. The first-order valence-electron chi connectivity index (χ1n) is 14.2. The normalized spacial score (nSPS) is 14.9. The van der Waals surface area contributed by atoms with Crippen LogP contribution in [0.15, 0.2) is 74.7 Å². The minimum Gasteiger partial charge on any atom is -0.455 e. The number of hydrogen-bond donors (Lipinski definition) is 2. The molecule has 3 heterocycles. The van der Waals surface area contributed by atoms with Crippen molar-refractivity contribution in [3.8, 4) is 0 Å². The van der Waals surface area contributed by atoms with Crippen molar-refractivity contribution in [2.45, 2.75) is 38.8 Å². The summed E-state index contributed by atoms with van der Waals surface area (Å²) in [7, 11) is 0. The van der Waals surface area contributed by atoms with Crippen LogP contribution in [-0.2, 0) is 25.8 Å². The van der Waals surface area contributed by atoms with E-state index in [1.165, 1.54) is 13.0 Å². The summed E-state index contributed by atoms with van der Waals surface area (Å²) in [6.45, 7) is 2.42. The zero-order valence-electron chi connectivity index (χ0n) is 24.4. The molecular weight excluding hydrogens is 596 g/mol. The van der Waals surface area contributed by atoms with E-state index in [0.29, 0.717) is 44.0 Å². The maximum atomic E-state index is 14.9. The molecule has 2 aromatic carbocycles. The van der Waals surface area contributed by atoms with Crippen LogP contribution in [0, 0.1) is 12.7 Å². The van der Waals surface area contributed by atoms with E-state index in [1.807, 2.05) is 4.90 Å². The molecule has 1 aliphatic rings. The van der Waals surface area contributed by atoms with Crippen LogP contribution in [-0.4, -0.2) is 46.1 Å². The molecule has 5 rings (SSSR count). The van der Waals surface area contributed by atoms with Crippen LogP contribution >= 0.6 is 0 Å². The number of alkyl halides is 3. The van der Waals surface area contributed by atoms with Gasteiger partial charge in [0, 0.05) is 43.5 Å². The Bertz CT molecular complexity index is 1810. The number of aromatic nitrogens is 2. The van der Waals surface area contributed by atoms with Gasteiger partial charge in [-0.05, 0) is 36.8 Å². The van der Waals surface area contributed by atoms with Crippen molar-refractivity contribution in [3.63, 3.8) is 0 Å². The molecule has 4 aromatic rings. The van der Waals surface area contributed by atoms with Crippen LogP contribution in [0.1, 0.15) is 44.7 Å². The van der Waals surface area contributed by atoms with Gasteiger partial charge in [0.15, 0.2) is 5.76 Å². The molecule has 1 saturated heterocycles. The second-order valence-corrected chi connectivity index (χ2v) is 10.9. The summed E-state index contributed by atoms with van der Waals surface area (Å²) >= 11 is 0. The Morgan fingerprint density at radius 3 is 2.24 bits per heavy atom. The molecule has 0 aliphatic carbocycles.